The number of ether oxygens (including phenoxy) is 1. The summed E-state index contributed by atoms with van der Waals surface area (Å²) in [5.74, 6) is -2.51. The van der Waals surface area contributed by atoms with Crippen LogP contribution in [0, 0.1) is 5.41 Å². The minimum absolute atomic E-state index is 0. The number of hydrogen-bond donors (Lipinski definition) is 0. The minimum Gasteiger partial charge on any atom is -0.676 e. The fourth-order valence-corrected chi connectivity index (χ4v) is 3.99. The van der Waals surface area contributed by atoms with E-state index in [9.17, 15) is 19.8 Å². The number of unbranched alkanes of at least 4 members (excludes halogenated alkanes) is 1. The third-order valence-electron chi connectivity index (χ3n) is 5.96. The van der Waals surface area contributed by atoms with Crippen molar-refractivity contribution in [3.8, 4) is 5.75 Å². The molecule has 9 heteroatoms. The molecule has 3 rings (SSSR count). The molecule has 0 spiro atoms. The SMILES string of the molecule is CCCC[N-][C@@H]1CCCC[C@H]1[NH-].COc1ccccc1CN1CC(C(=O)[O-])(C(=O)[O-])C1.[Pt+4]. The topological polar surface area (TPSA) is 131 Å². The number of likely N-dealkylation sites (tertiary alicyclic amines) is 1. The second-order valence-corrected chi connectivity index (χ2v) is 8.33. The van der Waals surface area contributed by atoms with Gasteiger partial charge in [0.2, 0.25) is 0 Å². The first-order chi connectivity index (χ1) is 14.8. The Morgan fingerprint density at radius 3 is 2.38 bits per heavy atom. The summed E-state index contributed by atoms with van der Waals surface area (Å²) in [6.45, 7) is 3.36. The number of benzene rings is 1. The van der Waals surface area contributed by atoms with Crippen molar-refractivity contribution in [3.05, 3.63) is 40.9 Å². The van der Waals surface area contributed by atoms with Gasteiger partial charge >= 0.3 is 21.1 Å². The summed E-state index contributed by atoms with van der Waals surface area (Å²) in [6, 6.07) is 7.77. The smallest absolute Gasteiger partial charge is 0.676 e. The Labute approximate surface area is 205 Å². The van der Waals surface area contributed by atoms with E-state index in [1.54, 1.807) is 18.1 Å². The van der Waals surface area contributed by atoms with Gasteiger partial charge in [-0.2, -0.15) is 12.1 Å². The van der Waals surface area contributed by atoms with Crippen molar-refractivity contribution in [2.75, 3.05) is 26.7 Å². The van der Waals surface area contributed by atoms with E-state index in [0.717, 1.165) is 24.9 Å². The molecule has 180 valence electrons. The molecule has 0 radical (unpaired) electrons. The molecule has 8 nitrogen and oxygen atoms in total. The van der Waals surface area contributed by atoms with Crippen LogP contribution in [-0.4, -0.2) is 55.7 Å². The van der Waals surface area contributed by atoms with Gasteiger partial charge in [0.05, 0.1) is 24.5 Å². The standard InChI is InChI=1S/C13H15NO5.C10H20N2.Pt/c1-19-10-5-3-2-4-9(10)6-14-7-13(8-14,11(15)16)12(17)18;1-2-3-8-12-10-7-5-4-6-9(10)11;/h2-5H,6-8H2,1H3,(H,15,16)(H,17,18);9-11H,2-8H2,1H3;/q;-2;+4/p-2/t;9-,10-;/m.1./s1. The fourth-order valence-electron chi connectivity index (χ4n) is 3.99. The van der Waals surface area contributed by atoms with E-state index < -0.39 is 17.4 Å². The number of para-hydroxylation sites is 1. The molecule has 1 aromatic rings. The van der Waals surface area contributed by atoms with Crippen LogP contribution in [-0.2, 0) is 37.2 Å². The van der Waals surface area contributed by atoms with Gasteiger partial charge in [0.1, 0.15) is 5.75 Å². The zero-order valence-corrected chi connectivity index (χ0v) is 21.1. The van der Waals surface area contributed by atoms with Crippen molar-refractivity contribution in [3.63, 3.8) is 0 Å². The van der Waals surface area contributed by atoms with Gasteiger partial charge in [-0.15, -0.1) is 6.54 Å². The average molecular weight is 627 g/mol. The first-order valence-electron chi connectivity index (χ1n) is 11.0. The number of hydrogen-bond acceptors (Lipinski definition) is 6. The number of carbonyl (C=O) groups excluding carboxylic acids is 2. The van der Waals surface area contributed by atoms with E-state index >= 15 is 0 Å². The summed E-state index contributed by atoms with van der Waals surface area (Å²) >= 11 is 0. The van der Waals surface area contributed by atoms with E-state index in [0.29, 0.717) is 18.3 Å². The minimum atomic E-state index is -1.89. The van der Waals surface area contributed by atoms with E-state index in [4.69, 9.17) is 10.5 Å². The maximum atomic E-state index is 10.9. The number of aliphatic carboxylic acids is 2. The van der Waals surface area contributed by atoms with Crippen molar-refractivity contribution < 1.29 is 45.6 Å². The molecule has 1 saturated heterocycles. The molecule has 0 bridgehead atoms. The zero-order valence-electron chi connectivity index (χ0n) is 18.8. The Morgan fingerprint density at radius 2 is 1.81 bits per heavy atom. The molecular formula is C23H33N3O5Pt. The number of carboxylic acid groups (broad SMARTS) is 2. The van der Waals surface area contributed by atoms with Crippen LogP contribution in [0.5, 0.6) is 5.75 Å². The maximum Gasteiger partial charge on any atom is 4.00 e. The fraction of sp³-hybridized carbons (Fsp3) is 0.652. The number of rotatable bonds is 9. The maximum absolute atomic E-state index is 10.9. The van der Waals surface area contributed by atoms with Gasteiger partial charge in [-0.3, -0.25) is 4.90 Å². The van der Waals surface area contributed by atoms with Crippen LogP contribution < -0.4 is 14.9 Å². The largest absolute Gasteiger partial charge is 4.00 e. The predicted molar refractivity (Wildman–Crippen MR) is 114 cm³/mol. The molecule has 2 fully saturated rings. The molecule has 1 aliphatic heterocycles. The molecule has 2 aliphatic rings. The Bertz CT molecular complexity index is 711. The number of carboxylic acids is 2. The predicted octanol–water partition coefficient (Wildman–Crippen LogP) is 1.52. The van der Waals surface area contributed by atoms with Crippen LogP contribution in [0.15, 0.2) is 24.3 Å². The van der Waals surface area contributed by atoms with Crippen molar-refractivity contribution in [1.82, 2.24) is 4.90 Å². The molecule has 0 aromatic heterocycles. The zero-order chi connectivity index (χ0) is 22.9. The van der Waals surface area contributed by atoms with E-state index in [-0.39, 0.29) is 40.2 Å². The summed E-state index contributed by atoms with van der Waals surface area (Å²) in [5.41, 5.74) is 6.75. The second-order valence-electron chi connectivity index (χ2n) is 8.33. The van der Waals surface area contributed by atoms with E-state index in [2.05, 4.69) is 12.2 Å². The third kappa shape index (κ3) is 7.55. The van der Waals surface area contributed by atoms with Crippen molar-refractivity contribution in [1.29, 1.82) is 0 Å². The van der Waals surface area contributed by atoms with Crippen molar-refractivity contribution in [2.24, 2.45) is 5.41 Å². The van der Waals surface area contributed by atoms with Crippen LogP contribution in [0.3, 0.4) is 0 Å². The van der Waals surface area contributed by atoms with Crippen LogP contribution in [0.1, 0.15) is 51.0 Å². The van der Waals surface area contributed by atoms with Gasteiger partial charge < -0.3 is 35.6 Å². The van der Waals surface area contributed by atoms with Crippen molar-refractivity contribution >= 4 is 11.9 Å². The van der Waals surface area contributed by atoms with E-state index in [1.807, 2.05) is 18.2 Å². The molecule has 2 atom stereocenters. The van der Waals surface area contributed by atoms with Gasteiger partial charge in [0, 0.05) is 25.2 Å². The molecular weight excluding hydrogens is 593 g/mol. The Hall–Kier alpha value is -1.47. The molecule has 1 aromatic carbocycles. The van der Waals surface area contributed by atoms with Gasteiger partial charge in [0.15, 0.2) is 0 Å². The Balaban J connectivity index is 0.000000342. The number of methoxy groups -OCH3 is 1. The summed E-state index contributed by atoms with van der Waals surface area (Å²) < 4.78 is 5.18. The van der Waals surface area contributed by atoms with Crippen molar-refractivity contribution in [2.45, 2.75) is 64.1 Å². The van der Waals surface area contributed by atoms with Gasteiger partial charge in [-0.25, -0.2) is 0 Å². The Morgan fingerprint density at radius 1 is 1.19 bits per heavy atom. The van der Waals surface area contributed by atoms with Crippen LogP contribution in [0.2, 0.25) is 0 Å². The molecule has 0 unspecified atom stereocenters. The number of nitrogens with one attached hydrogen (secondary N) is 1. The summed E-state index contributed by atoms with van der Waals surface area (Å²) in [4.78, 5) is 23.5. The normalized spacial score (nSPS) is 21.8. The van der Waals surface area contributed by atoms with Crippen LogP contribution in [0.4, 0.5) is 0 Å². The first-order valence-corrected chi connectivity index (χ1v) is 11.0. The number of carbonyl (C=O) groups is 2. The molecule has 0 amide bonds. The molecule has 1 heterocycles. The molecule has 1 aliphatic carbocycles. The second kappa shape index (κ2) is 13.9. The monoisotopic (exact) mass is 626 g/mol. The molecule has 1 N–H and O–H groups in total. The van der Waals surface area contributed by atoms with Crippen LogP contribution in [0.25, 0.3) is 11.1 Å². The van der Waals surface area contributed by atoms with Gasteiger partial charge in [-0.05, 0) is 6.07 Å². The third-order valence-corrected chi connectivity index (χ3v) is 5.96. The van der Waals surface area contributed by atoms with Crippen LogP contribution >= 0.6 is 0 Å². The average Bonchev–Trinajstić information content (AvgIpc) is 2.72. The number of nitrogens with zero attached hydrogens (tertiary/aromatic N) is 2. The molecule has 1 saturated carbocycles. The summed E-state index contributed by atoms with van der Waals surface area (Å²) in [5, 5.41) is 26.3. The summed E-state index contributed by atoms with van der Waals surface area (Å²) in [6.07, 6.45) is 7.18. The quantitative estimate of drug-likeness (QED) is 0.302. The van der Waals surface area contributed by atoms with Gasteiger partial charge in [-0.1, -0.05) is 63.6 Å². The van der Waals surface area contributed by atoms with Gasteiger partial charge in [0.25, 0.3) is 0 Å². The summed E-state index contributed by atoms with van der Waals surface area (Å²) in [7, 11) is 1.54. The first kappa shape index (κ1) is 28.6. The Kier molecular flexibility index (Phi) is 12.4. The molecule has 32 heavy (non-hydrogen) atoms. The van der Waals surface area contributed by atoms with E-state index in [1.165, 1.54) is 25.7 Å².